The van der Waals surface area contributed by atoms with Crippen LogP contribution in [0.2, 0.25) is 0 Å². The van der Waals surface area contributed by atoms with Crippen molar-refractivity contribution >= 4 is 15.7 Å². The van der Waals surface area contributed by atoms with E-state index in [4.69, 9.17) is 0 Å². The van der Waals surface area contributed by atoms with Crippen LogP contribution in [0, 0.1) is 0 Å². The summed E-state index contributed by atoms with van der Waals surface area (Å²) >= 11 is 0. The highest BCUT2D eigenvalue weighted by atomic mass is 32.2. The van der Waals surface area contributed by atoms with Crippen molar-refractivity contribution in [1.82, 2.24) is 9.62 Å². The van der Waals surface area contributed by atoms with E-state index in [0.29, 0.717) is 18.0 Å². The van der Waals surface area contributed by atoms with Gasteiger partial charge in [-0.1, -0.05) is 13.0 Å². The Kier molecular flexibility index (Phi) is 5.01. The first kappa shape index (κ1) is 15.3. The molecular weight excluding hydrogens is 274 g/mol. The first-order valence-electron chi connectivity index (χ1n) is 7.08. The maximum absolute atomic E-state index is 12.2. The Morgan fingerprint density at radius 2 is 2.20 bits per heavy atom. The van der Waals surface area contributed by atoms with Crippen molar-refractivity contribution in [2.45, 2.75) is 24.7 Å². The van der Waals surface area contributed by atoms with Crippen molar-refractivity contribution in [1.29, 1.82) is 0 Å². The van der Waals surface area contributed by atoms with E-state index < -0.39 is 10.0 Å². The Balaban J connectivity index is 2.05. The number of hydrogen-bond donors (Lipinski definition) is 2. The number of nitrogens with zero attached hydrogens (tertiary/aromatic N) is 1. The van der Waals surface area contributed by atoms with Gasteiger partial charge in [0, 0.05) is 25.3 Å². The number of anilines is 1. The van der Waals surface area contributed by atoms with Crippen LogP contribution in [0.3, 0.4) is 0 Å². The van der Waals surface area contributed by atoms with Crippen LogP contribution in [0.5, 0.6) is 0 Å². The van der Waals surface area contributed by atoms with Crippen LogP contribution >= 0.6 is 0 Å². The fourth-order valence-corrected chi connectivity index (χ4v) is 3.27. The lowest BCUT2D eigenvalue weighted by Gasteiger charge is -2.19. The molecule has 0 saturated carbocycles. The third kappa shape index (κ3) is 3.71. The van der Waals surface area contributed by atoms with Crippen molar-refractivity contribution < 1.29 is 8.42 Å². The molecule has 1 aromatic rings. The number of aryl methyl sites for hydroxylation is 1. The zero-order valence-electron chi connectivity index (χ0n) is 12.1. The van der Waals surface area contributed by atoms with E-state index in [0.717, 1.165) is 31.6 Å². The SMILES string of the molecule is CCN(C)CCNS(=O)(=O)c1ccc2c(c1)NCCC2. The summed E-state index contributed by atoms with van der Waals surface area (Å²) in [6.45, 7) is 5.00. The summed E-state index contributed by atoms with van der Waals surface area (Å²) in [6, 6.07) is 5.34. The molecule has 6 heteroatoms. The highest BCUT2D eigenvalue weighted by Crippen LogP contribution is 2.24. The van der Waals surface area contributed by atoms with Gasteiger partial charge in [-0.05, 0) is 44.1 Å². The molecule has 20 heavy (non-hydrogen) atoms. The Morgan fingerprint density at radius 3 is 2.95 bits per heavy atom. The number of likely N-dealkylation sites (N-methyl/N-ethyl adjacent to an activating group) is 1. The van der Waals surface area contributed by atoms with Crippen molar-refractivity contribution in [3.05, 3.63) is 23.8 Å². The Bertz CT molecular complexity index is 558. The second kappa shape index (κ2) is 6.56. The number of sulfonamides is 1. The summed E-state index contributed by atoms with van der Waals surface area (Å²) in [6.07, 6.45) is 2.11. The quantitative estimate of drug-likeness (QED) is 0.830. The summed E-state index contributed by atoms with van der Waals surface area (Å²) in [5.74, 6) is 0. The highest BCUT2D eigenvalue weighted by Gasteiger charge is 2.17. The predicted octanol–water partition coefficient (Wildman–Crippen LogP) is 1.27. The van der Waals surface area contributed by atoms with Gasteiger partial charge in [0.25, 0.3) is 0 Å². The maximum atomic E-state index is 12.2. The predicted molar refractivity (Wildman–Crippen MR) is 81.6 cm³/mol. The molecule has 0 saturated heterocycles. The standard InChI is InChI=1S/C14H23N3O2S/c1-3-17(2)10-9-16-20(18,19)13-7-6-12-5-4-8-15-14(12)11-13/h6-7,11,15-16H,3-5,8-10H2,1-2H3. The van der Waals surface area contributed by atoms with Gasteiger partial charge in [-0.3, -0.25) is 0 Å². The van der Waals surface area contributed by atoms with Crippen LogP contribution in [0.15, 0.2) is 23.1 Å². The van der Waals surface area contributed by atoms with E-state index >= 15 is 0 Å². The molecule has 0 fully saturated rings. The molecule has 5 nitrogen and oxygen atoms in total. The van der Waals surface area contributed by atoms with Gasteiger partial charge < -0.3 is 10.2 Å². The van der Waals surface area contributed by atoms with Gasteiger partial charge in [0.1, 0.15) is 0 Å². The molecule has 1 aromatic carbocycles. The molecule has 1 heterocycles. The monoisotopic (exact) mass is 297 g/mol. The topological polar surface area (TPSA) is 61.4 Å². The van der Waals surface area contributed by atoms with E-state index in [1.807, 2.05) is 20.0 Å². The van der Waals surface area contributed by atoms with E-state index in [1.165, 1.54) is 5.56 Å². The first-order valence-corrected chi connectivity index (χ1v) is 8.56. The van der Waals surface area contributed by atoms with Crippen LogP contribution in [-0.2, 0) is 16.4 Å². The third-order valence-electron chi connectivity index (χ3n) is 3.66. The summed E-state index contributed by atoms with van der Waals surface area (Å²) < 4.78 is 27.1. The van der Waals surface area contributed by atoms with Crippen LogP contribution in [0.4, 0.5) is 5.69 Å². The van der Waals surface area contributed by atoms with Crippen molar-refractivity contribution in [2.24, 2.45) is 0 Å². The average Bonchev–Trinajstić information content (AvgIpc) is 2.46. The van der Waals surface area contributed by atoms with E-state index in [9.17, 15) is 8.42 Å². The minimum Gasteiger partial charge on any atom is -0.385 e. The molecule has 2 rings (SSSR count). The Labute approximate surface area is 121 Å². The van der Waals surface area contributed by atoms with Gasteiger partial charge in [0.05, 0.1) is 4.90 Å². The lowest BCUT2D eigenvalue weighted by molar-refractivity contribution is 0.358. The van der Waals surface area contributed by atoms with Crippen LogP contribution in [-0.4, -0.2) is 46.5 Å². The van der Waals surface area contributed by atoms with Crippen molar-refractivity contribution in [3.8, 4) is 0 Å². The van der Waals surface area contributed by atoms with Crippen LogP contribution < -0.4 is 10.0 Å². The number of rotatable bonds is 6. The fraction of sp³-hybridized carbons (Fsp3) is 0.571. The number of benzene rings is 1. The minimum atomic E-state index is -3.41. The molecule has 1 aliphatic rings. The maximum Gasteiger partial charge on any atom is 0.240 e. The van der Waals surface area contributed by atoms with Crippen molar-refractivity contribution in [3.63, 3.8) is 0 Å². The first-order chi connectivity index (χ1) is 9.53. The molecule has 0 unspecified atom stereocenters. The number of hydrogen-bond acceptors (Lipinski definition) is 4. The molecule has 1 aliphatic heterocycles. The number of nitrogens with one attached hydrogen (secondary N) is 2. The molecule has 0 amide bonds. The largest absolute Gasteiger partial charge is 0.385 e. The minimum absolute atomic E-state index is 0.338. The Morgan fingerprint density at radius 1 is 1.40 bits per heavy atom. The van der Waals surface area contributed by atoms with Crippen LogP contribution in [0.1, 0.15) is 18.9 Å². The average molecular weight is 297 g/mol. The molecule has 112 valence electrons. The zero-order chi connectivity index (χ0) is 14.6. The smallest absolute Gasteiger partial charge is 0.240 e. The summed E-state index contributed by atoms with van der Waals surface area (Å²) in [4.78, 5) is 2.40. The molecule has 0 atom stereocenters. The second-order valence-electron chi connectivity index (χ2n) is 5.14. The van der Waals surface area contributed by atoms with Crippen molar-refractivity contribution in [2.75, 3.05) is 38.5 Å². The van der Waals surface area contributed by atoms with Gasteiger partial charge in [-0.2, -0.15) is 0 Å². The molecule has 0 aromatic heterocycles. The molecule has 0 spiro atoms. The van der Waals surface area contributed by atoms with Gasteiger partial charge in [0.15, 0.2) is 0 Å². The molecular formula is C14H23N3O2S. The third-order valence-corrected chi connectivity index (χ3v) is 5.11. The lowest BCUT2D eigenvalue weighted by Crippen LogP contribution is -2.33. The van der Waals surface area contributed by atoms with Crippen LogP contribution in [0.25, 0.3) is 0 Å². The second-order valence-corrected chi connectivity index (χ2v) is 6.91. The van der Waals surface area contributed by atoms with Gasteiger partial charge >= 0.3 is 0 Å². The van der Waals surface area contributed by atoms with Gasteiger partial charge in [-0.25, -0.2) is 13.1 Å². The normalized spacial score (nSPS) is 14.9. The van der Waals surface area contributed by atoms with E-state index in [2.05, 4.69) is 14.9 Å². The summed E-state index contributed by atoms with van der Waals surface area (Å²) in [5, 5.41) is 3.26. The molecule has 2 N–H and O–H groups in total. The van der Waals surface area contributed by atoms with E-state index in [1.54, 1.807) is 12.1 Å². The Hall–Kier alpha value is -1.11. The summed E-state index contributed by atoms with van der Waals surface area (Å²) in [7, 11) is -1.44. The summed E-state index contributed by atoms with van der Waals surface area (Å²) in [5.41, 5.74) is 2.14. The molecule has 0 radical (unpaired) electrons. The fourth-order valence-electron chi connectivity index (χ4n) is 2.22. The number of fused-ring (bicyclic) bond motifs is 1. The molecule has 0 bridgehead atoms. The zero-order valence-corrected chi connectivity index (χ0v) is 13.0. The van der Waals surface area contributed by atoms with Gasteiger partial charge in [-0.15, -0.1) is 0 Å². The molecule has 0 aliphatic carbocycles. The highest BCUT2D eigenvalue weighted by molar-refractivity contribution is 7.89. The van der Waals surface area contributed by atoms with E-state index in [-0.39, 0.29) is 0 Å². The lowest BCUT2D eigenvalue weighted by atomic mass is 10.0. The van der Waals surface area contributed by atoms with Gasteiger partial charge in [0.2, 0.25) is 10.0 Å².